The van der Waals surface area contributed by atoms with Crippen LogP contribution >= 0.6 is 0 Å². The molecule has 2 aliphatic heterocycles. The van der Waals surface area contributed by atoms with Gasteiger partial charge in [0.15, 0.2) is 0 Å². The molecule has 0 saturated carbocycles. The van der Waals surface area contributed by atoms with E-state index in [-0.39, 0.29) is 12.0 Å². The minimum absolute atomic E-state index is 0.119. The number of anilines is 3. The van der Waals surface area contributed by atoms with Gasteiger partial charge < -0.3 is 20.3 Å². The van der Waals surface area contributed by atoms with Gasteiger partial charge in [0.2, 0.25) is 0 Å². The second kappa shape index (κ2) is 8.39. The SMILES string of the molecule is O=C(NCC1CCCO1)c1cncc(Nc2ccc(N3CCCC3)cc2)c1. The molecular formula is C21H26N4O2. The van der Waals surface area contributed by atoms with Crippen molar-refractivity contribution in [3.05, 3.63) is 48.3 Å². The van der Waals surface area contributed by atoms with Crippen LogP contribution in [-0.4, -0.2) is 43.2 Å². The van der Waals surface area contributed by atoms with Crippen LogP contribution in [0.15, 0.2) is 42.7 Å². The first kappa shape index (κ1) is 17.8. The zero-order chi connectivity index (χ0) is 18.5. The molecule has 1 amide bonds. The summed E-state index contributed by atoms with van der Waals surface area (Å²) in [6.07, 6.45) is 8.07. The Labute approximate surface area is 159 Å². The van der Waals surface area contributed by atoms with E-state index in [2.05, 4.69) is 44.8 Å². The van der Waals surface area contributed by atoms with Gasteiger partial charge in [-0.05, 0) is 56.0 Å². The topological polar surface area (TPSA) is 66.5 Å². The molecule has 2 aromatic rings. The van der Waals surface area contributed by atoms with Crippen molar-refractivity contribution in [3.63, 3.8) is 0 Å². The van der Waals surface area contributed by atoms with E-state index in [1.165, 1.54) is 18.5 Å². The number of nitrogens with zero attached hydrogens (tertiary/aromatic N) is 2. The Morgan fingerprint density at radius 3 is 2.67 bits per heavy atom. The van der Waals surface area contributed by atoms with Gasteiger partial charge in [-0.25, -0.2) is 0 Å². The van der Waals surface area contributed by atoms with Gasteiger partial charge in [0, 0.05) is 43.8 Å². The van der Waals surface area contributed by atoms with Crippen molar-refractivity contribution >= 4 is 23.0 Å². The third-order valence-corrected chi connectivity index (χ3v) is 5.14. The van der Waals surface area contributed by atoms with Crippen LogP contribution in [0.1, 0.15) is 36.0 Å². The third kappa shape index (κ3) is 4.57. The van der Waals surface area contributed by atoms with Crippen LogP contribution in [0.25, 0.3) is 0 Å². The highest BCUT2D eigenvalue weighted by Gasteiger charge is 2.17. The number of carbonyl (C=O) groups is 1. The molecule has 6 heteroatoms. The van der Waals surface area contributed by atoms with E-state index in [4.69, 9.17) is 4.74 Å². The first-order valence-electron chi connectivity index (χ1n) is 9.75. The summed E-state index contributed by atoms with van der Waals surface area (Å²) in [5.41, 5.74) is 3.59. The zero-order valence-corrected chi connectivity index (χ0v) is 15.5. The molecule has 1 atom stereocenters. The predicted octanol–water partition coefficient (Wildman–Crippen LogP) is 3.33. The maximum absolute atomic E-state index is 12.4. The summed E-state index contributed by atoms with van der Waals surface area (Å²) < 4.78 is 5.54. The standard InChI is InChI=1S/C21H26N4O2/c26-21(23-15-20-4-3-11-27-20)16-12-18(14-22-13-16)24-17-5-7-19(8-6-17)25-9-1-2-10-25/h5-8,12-14,20,24H,1-4,9-11,15H2,(H,23,26). The molecule has 1 aromatic heterocycles. The molecule has 142 valence electrons. The van der Waals surface area contributed by atoms with Crippen LogP contribution in [0.5, 0.6) is 0 Å². The molecule has 2 aliphatic rings. The highest BCUT2D eigenvalue weighted by Crippen LogP contribution is 2.24. The van der Waals surface area contributed by atoms with Crippen LogP contribution in [0.2, 0.25) is 0 Å². The number of carbonyl (C=O) groups excluding carboxylic acids is 1. The molecule has 2 saturated heterocycles. The molecule has 0 radical (unpaired) electrons. The number of pyridine rings is 1. The third-order valence-electron chi connectivity index (χ3n) is 5.14. The molecule has 3 heterocycles. The fraction of sp³-hybridized carbons (Fsp3) is 0.429. The van der Waals surface area contributed by atoms with Crippen LogP contribution in [-0.2, 0) is 4.74 Å². The van der Waals surface area contributed by atoms with Crippen molar-refractivity contribution in [2.45, 2.75) is 31.8 Å². The summed E-state index contributed by atoms with van der Waals surface area (Å²) in [4.78, 5) is 19.0. The first-order chi connectivity index (χ1) is 13.3. The maximum atomic E-state index is 12.4. The first-order valence-corrected chi connectivity index (χ1v) is 9.75. The molecule has 6 nitrogen and oxygen atoms in total. The monoisotopic (exact) mass is 366 g/mol. The van der Waals surface area contributed by atoms with Crippen LogP contribution in [0, 0.1) is 0 Å². The van der Waals surface area contributed by atoms with Crippen molar-refractivity contribution in [1.29, 1.82) is 0 Å². The fourth-order valence-electron chi connectivity index (χ4n) is 3.64. The number of nitrogens with one attached hydrogen (secondary N) is 2. The minimum Gasteiger partial charge on any atom is -0.376 e. The molecule has 0 bridgehead atoms. The Morgan fingerprint density at radius 1 is 1.11 bits per heavy atom. The second-order valence-corrected chi connectivity index (χ2v) is 7.17. The van der Waals surface area contributed by atoms with E-state index in [0.717, 1.165) is 43.9 Å². The highest BCUT2D eigenvalue weighted by molar-refractivity contribution is 5.94. The lowest BCUT2D eigenvalue weighted by Gasteiger charge is -2.18. The van der Waals surface area contributed by atoms with Crippen LogP contribution < -0.4 is 15.5 Å². The Morgan fingerprint density at radius 2 is 1.93 bits per heavy atom. The van der Waals surface area contributed by atoms with E-state index in [9.17, 15) is 4.79 Å². The number of aromatic nitrogens is 1. The zero-order valence-electron chi connectivity index (χ0n) is 15.5. The van der Waals surface area contributed by atoms with E-state index in [1.807, 2.05) is 6.07 Å². The van der Waals surface area contributed by atoms with Gasteiger partial charge in [-0.3, -0.25) is 9.78 Å². The van der Waals surface area contributed by atoms with Gasteiger partial charge in [0.25, 0.3) is 5.91 Å². The summed E-state index contributed by atoms with van der Waals surface area (Å²) >= 11 is 0. The summed E-state index contributed by atoms with van der Waals surface area (Å²) in [6, 6.07) is 10.2. The quantitative estimate of drug-likeness (QED) is 0.821. The highest BCUT2D eigenvalue weighted by atomic mass is 16.5. The molecule has 27 heavy (non-hydrogen) atoms. The van der Waals surface area contributed by atoms with Crippen LogP contribution in [0.3, 0.4) is 0 Å². The Bertz CT molecular complexity index is 766. The summed E-state index contributed by atoms with van der Waals surface area (Å²) in [5, 5.41) is 6.26. The number of amides is 1. The molecule has 2 fully saturated rings. The van der Waals surface area contributed by atoms with Crippen molar-refractivity contribution in [3.8, 4) is 0 Å². The summed E-state index contributed by atoms with van der Waals surface area (Å²) in [6.45, 7) is 3.62. The molecule has 0 aliphatic carbocycles. The number of hydrogen-bond donors (Lipinski definition) is 2. The number of ether oxygens (including phenoxy) is 1. The predicted molar refractivity (Wildman–Crippen MR) is 107 cm³/mol. The van der Waals surface area contributed by atoms with Gasteiger partial charge in [-0.2, -0.15) is 0 Å². The van der Waals surface area contributed by atoms with Crippen molar-refractivity contribution < 1.29 is 9.53 Å². The normalized spacial score (nSPS) is 19.3. The molecule has 1 aromatic carbocycles. The lowest BCUT2D eigenvalue weighted by atomic mass is 10.2. The number of hydrogen-bond acceptors (Lipinski definition) is 5. The van der Waals surface area contributed by atoms with Gasteiger partial charge >= 0.3 is 0 Å². The maximum Gasteiger partial charge on any atom is 0.253 e. The number of rotatable bonds is 6. The van der Waals surface area contributed by atoms with E-state index < -0.39 is 0 Å². The Hall–Kier alpha value is -2.60. The molecule has 4 rings (SSSR count). The largest absolute Gasteiger partial charge is 0.376 e. The number of benzene rings is 1. The molecule has 1 unspecified atom stereocenters. The molecule has 2 N–H and O–H groups in total. The fourth-order valence-corrected chi connectivity index (χ4v) is 3.64. The lowest BCUT2D eigenvalue weighted by Crippen LogP contribution is -2.31. The van der Waals surface area contributed by atoms with Crippen LogP contribution in [0.4, 0.5) is 17.1 Å². The average Bonchev–Trinajstić information content (AvgIpc) is 3.41. The van der Waals surface area contributed by atoms with Gasteiger partial charge in [-0.1, -0.05) is 0 Å². The Balaban J connectivity index is 1.36. The van der Waals surface area contributed by atoms with E-state index in [1.54, 1.807) is 12.4 Å². The van der Waals surface area contributed by atoms with Crippen molar-refractivity contribution in [1.82, 2.24) is 10.3 Å². The smallest absolute Gasteiger partial charge is 0.253 e. The Kier molecular flexibility index (Phi) is 5.53. The lowest BCUT2D eigenvalue weighted by molar-refractivity contribution is 0.0857. The minimum atomic E-state index is -0.119. The summed E-state index contributed by atoms with van der Waals surface area (Å²) in [5.74, 6) is -0.119. The van der Waals surface area contributed by atoms with Crippen molar-refractivity contribution in [2.75, 3.05) is 36.5 Å². The van der Waals surface area contributed by atoms with Gasteiger partial charge in [0.05, 0.1) is 23.6 Å². The summed E-state index contributed by atoms with van der Waals surface area (Å²) in [7, 11) is 0. The molecular weight excluding hydrogens is 340 g/mol. The van der Waals surface area contributed by atoms with Gasteiger partial charge in [-0.15, -0.1) is 0 Å². The van der Waals surface area contributed by atoms with Crippen molar-refractivity contribution in [2.24, 2.45) is 0 Å². The average molecular weight is 366 g/mol. The molecule has 0 spiro atoms. The van der Waals surface area contributed by atoms with Gasteiger partial charge in [0.1, 0.15) is 0 Å². The second-order valence-electron chi connectivity index (χ2n) is 7.17. The van der Waals surface area contributed by atoms with E-state index >= 15 is 0 Å². The van der Waals surface area contributed by atoms with E-state index in [0.29, 0.717) is 12.1 Å².